The van der Waals surface area contributed by atoms with E-state index in [1.807, 2.05) is 19.1 Å². The molecule has 16 heavy (non-hydrogen) atoms. The smallest absolute Gasteiger partial charge is 0.205 e. The van der Waals surface area contributed by atoms with Crippen LogP contribution in [0.25, 0.3) is 0 Å². The second kappa shape index (κ2) is 5.05. The molecule has 0 saturated heterocycles. The average Bonchev–Trinajstić information content (AvgIpc) is 2.73. The molecule has 2 aromatic rings. The van der Waals surface area contributed by atoms with Crippen LogP contribution >= 0.6 is 11.3 Å². The maximum atomic E-state index is 5.54. The molecule has 5 heteroatoms. The fraction of sp³-hybridized carbons (Fsp3) is 0.273. The van der Waals surface area contributed by atoms with Crippen molar-refractivity contribution in [3.05, 3.63) is 40.4 Å². The fourth-order valence-electron chi connectivity index (χ4n) is 1.34. The van der Waals surface area contributed by atoms with Crippen molar-refractivity contribution in [3.63, 3.8) is 0 Å². The lowest BCUT2D eigenvalue weighted by atomic mass is 10.1. The second-order valence-corrected chi connectivity index (χ2v) is 4.68. The van der Waals surface area contributed by atoms with Gasteiger partial charge in [-0.25, -0.2) is 0 Å². The van der Waals surface area contributed by atoms with E-state index in [-0.39, 0.29) is 0 Å². The molecular formula is C11H14N4S. The number of nitrogens with zero attached hydrogens (tertiary/aromatic N) is 2. The minimum Gasteiger partial charge on any atom is -0.356 e. The van der Waals surface area contributed by atoms with E-state index in [9.17, 15) is 0 Å². The van der Waals surface area contributed by atoms with Crippen molar-refractivity contribution in [3.8, 4) is 0 Å². The van der Waals surface area contributed by atoms with E-state index in [2.05, 4.69) is 27.6 Å². The van der Waals surface area contributed by atoms with E-state index in [0.717, 1.165) is 22.2 Å². The first-order chi connectivity index (χ1) is 7.78. The highest BCUT2D eigenvalue weighted by atomic mass is 32.1. The molecule has 0 atom stereocenters. The van der Waals surface area contributed by atoms with Gasteiger partial charge in [-0.15, -0.1) is 10.2 Å². The molecule has 0 radical (unpaired) electrons. The van der Waals surface area contributed by atoms with Crippen LogP contribution in [0.2, 0.25) is 0 Å². The molecule has 1 heterocycles. The molecule has 0 aliphatic carbocycles. The Labute approximate surface area is 98.5 Å². The van der Waals surface area contributed by atoms with E-state index in [0.29, 0.717) is 6.54 Å². The van der Waals surface area contributed by atoms with Crippen LogP contribution in [0.1, 0.15) is 16.1 Å². The summed E-state index contributed by atoms with van der Waals surface area (Å²) in [5, 5.41) is 13.0. The first kappa shape index (κ1) is 11.0. The van der Waals surface area contributed by atoms with E-state index in [1.54, 1.807) is 11.3 Å². The molecule has 0 fully saturated rings. The number of aryl methyl sites for hydroxylation is 1. The summed E-state index contributed by atoms with van der Waals surface area (Å²) in [5.74, 6) is 0. The summed E-state index contributed by atoms with van der Waals surface area (Å²) in [6.07, 6.45) is 0. The summed E-state index contributed by atoms with van der Waals surface area (Å²) in [5.41, 5.74) is 7.90. The Morgan fingerprint density at radius 1 is 1.19 bits per heavy atom. The van der Waals surface area contributed by atoms with Crippen molar-refractivity contribution in [2.75, 3.05) is 5.32 Å². The largest absolute Gasteiger partial charge is 0.356 e. The van der Waals surface area contributed by atoms with Crippen molar-refractivity contribution >= 4 is 16.5 Å². The van der Waals surface area contributed by atoms with E-state index >= 15 is 0 Å². The van der Waals surface area contributed by atoms with Gasteiger partial charge >= 0.3 is 0 Å². The summed E-state index contributed by atoms with van der Waals surface area (Å²) in [6.45, 7) is 3.29. The Morgan fingerprint density at radius 2 is 1.88 bits per heavy atom. The minimum absolute atomic E-state index is 0.587. The molecule has 0 spiro atoms. The van der Waals surface area contributed by atoms with Gasteiger partial charge in [-0.3, -0.25) is 0 Å². The zero-order valence-electron chi connectivity index (χ0n) is 9.10. The van der Waals surface area contributed by atoms with Gasteiger partial charge in [-0.05, 0) is 18.1 Å². The van der Waals surface area contributed by atoms with Gasteiger partial charge in [0.15, 0.2) is 0 Å². The zero-order chi connectivity index (χ0) is 11.4. The topological polar surface area (TPSA) is 63.8 Å². The molecule has 0 aliphatic heterocycles. The van der Waals surface area contributed by atoms with Crippen molar-refractivity contribution in [2.45, 2.75) is 20.0 Å². The third kappa shape index (κ3) is 2.77. The predicted molar refractivity (Wildman–Crippen MR) is 66.3 cm³/mol. The molecule has 0 unspecified atom stereocenters. The van der Waals surface area contributed by atoms with Gasteiger partial charge in [0.25, 0.3) is 0 Å². The van der Waals surface area contributed by atoms with Crippen LogP contribution in [0.5, 0.6) is 0 Å². The summed E-state index contributed by atoms with van der Waals surface area (Å²) in [4.78, 5) is 0. The Hall–Kier alpha value is -1.46. The van der Waals surface area contributed by atoms with Crippen LogP contribution in [0.15, 0.2) is 24.3 Å². The van der Waals surface area contributed by atoms with Gasteiger partial charge in [-0.1, -0.05) is 35.6 Å². The molecule has 1 aromatic heterocycles. The monoisotopic (exact) mass is 234 g/mol. The average molecular weight is 234 g/mol. The first-order valence-corrected chi connectivity index (χ1v) is 5.91. The maximum absolute atomic E-state index is 5.54. The first-order valence-electron chi connectivity index (χ1n) is 5.10. The predicted octanol–water partition coefficient (Wildman–Crippen LogP) is 1.92. The van der Waals surface area contributed by atoms with Gasteiger partial charge in [0, 0.05) is 13.1 Å². The van der Waals surface area contributed by atoms with E-state index in [4.69, 9.17) is 5.73 Å². The normalized spacial score (nSPS) is 10.4. The standard InChI is InChI=1S/C11H14N4S/c1-8-14-15-11(16-8)13-7-10-4-2-9(6-12)3-5-10/h2-5H,6-7,12H2,1H3,(H,13,15). The van der Waals surface area contributed by atoms with E-state index < -0.39 is 0 Å². The van der Waals surface area contributed by atoms with E-state index in [1.165, 1.54) is 5.56 Å². The molecule has 3 N–H and O–H groups in total. The lowest BCUT2D eigenvalue weighted by molar-refractivity contribution is 1.02. The quantitative estimate of drug-likeness (QED) is 0.848. The lowest BCUT2D eigenvalue weighted by Gasteiger charge is -2.03. The molecule has 4 nitrogen and oxygen atoms in total. The number of aromatic nitrogens is 2. The molecule has 2 rings (SSSR count). The Kier molecular flexibility index (Phi) is 3.48. The molecule has 0 bridgehead atoms. The summed E-state index contributed by atoms with van der Waals surface area (Å²) in [7, 11) is 0. The molecule has 84 valence electrons. The third-order valence-corrected chi connectivity index (χ3v) is 3.02. The highest BCUT2D eigenvalue weighted by molar-refractivity contribution is 7.15. The molecule has 0 aliphatic rings. The number of hydrogen-bond donors (Lipinski definition) is 2. The van der Waals surface area contributed by atoms with Crippen LogP contribution in [0.3, 0.4) is 0 Å². The number of hydrogen-bond acceptors (Lipinski definition) is 5. The Morgan fingerprint density at radius 3 is 2.44 bits per heavy atom. The van der Waals surface area contributed by atoms with Crippen molar-refractivity contribution in [2.24, 2.45) is 5.73 Å². The highest BCUT2D eigenvalue weighted by Gasteiger charge is 1.99. The second-order valence-electron chi connectivity index (χ2n) is 3.50. The summed E-state index contributed by atoms with van der Waals surface area (Å²) in [6, 6.07) is 8.23. The summed E-state index contributed by atoms with van der Waals surface area (Å²) >= 11 is 1.56. The molecule has 0 amide bonds. The number of nitrogens with one attached hydrogen (secondary N) is 1. The number of rotatable bonds is 4. The van der Waals surface area contributed by atoms with Crippen molar-refractivity contribution in [1.29, 1.82) is 0 Å². The Balaban J connectivity index is 1.94. The fourth-order valence-corrected chi connectivity index (χ4v) is 1.93. The minimum atomic E-state index is 0.587. The van der Waals surface area contributed by atoms with Gasteiger partial charge in [0.1, 0.15) is 5.01 Å². The number of anilines is 1. The van der Waals surface area contributed by atoms with Gasteiger partial charge < -0.3 is 11.1 Å². The van der Waals surface area contributed by atoms with Crippen molar-refractivity contribution in [1.82, 2.24) is 10.2 Å². The van der Waals surface area contributed by atoms with Gasteiger partial charge in [0.2, 0.25) is 5.13 Å². The summed E-state index contributed by atoms with van der Waals surface area (Å²) < 4.78 is 0. The Bertz CT molecular complexity index is 449. The van der Waals surface area contributed by atoms with Crippen LogP contribution in [-0.4, -0.2) is 10.2 Å². The SMILES string of the molecule is Cc1nnc(NCc2ccc(CN)cc2)s1. The third-order valence-electron chi connectivity index (χ3n) is 2.23. The van der Waals surface area contributed by atoms with Crippen LogP contribution in [-0.2, 0) is 13.1 Å². The maximum Gasteiger partial charge on any atom is 0.205 e. The van der Waals surface area contributed by atoms with Crippen LogP contribution in [0, 0.1) is 6.92 Å². The lowest BCUT2D eigenvalue weighted by Crippen LogP contribution is -2.00. The molecule has 1 aromatic carbocycles. The zero-order valence-corrected chi connectivity index (χ0v) is 9.92. The number of benzene rings is 1. The molecular weight excluding hydrogens is 220 g/mol. The highest BCUT2D eigenvalue weighted by Crippen LogP contribution is 2.15. The number of nitrogens with two attached hydrogens (primary N) is 1. The van der Waals surface area contributed by atoms with Crippen LogP contribution < -0.4 is 11.1 Å². The van der Waals surface area contributed by atoms with Gasteiger partial charge in [-0.2, -0.15) is 0 Å². The van der Waals surface area contributed by atoms with Gasteiger partial charge in [0.05, 0.1) is 0 Å². The molecule has 0 saturated carbocycles. The van der Waals surface area contributed by atoms with Crippen molar-refractivity contribution < 1.29 is 0 Å². The van der Waals surface area contributed by atoms with Crippen LogP contribution in [0.4, 0.5) is 5.13 Å².